The fourth-order valence-corrected chi connectivity index (χ4v) is 0.224. The van der Waals surface area contributed by atoms with Gasteiger partial charge in [-0.05, 0) is 0 Å². The summed E-state index contributed by atoms with van der Waals surface area (Å²) in [6.07, 6.45) is 0.644. The van der Waals surface area contributed by atoms with Crippen molar-refractivity contribution in [2.75, 3.05) is 6.54 Å². The van der Waals surface area contributed by atoms with Gasteiger partial charge in [-0.3, -0.25) is 4.57 Å². The van der Waals surface area contributed by atoms with E-state index < -0.39 is 0 Å². The molecule has 0 aliphatic rings. The molecular formula is C2H4NO2P. The second kappa shape index (κ2) is 4.73. The van der Waals surface area contributed by atoms with E-state index in [2.05, 4.69) is 5.09 Å². The molecular weight excluding hydrogens is 101 g/mol. The molecule has 0 bridgehead atoms. The minimum atomic E-state index is -0.186. The number of hydrogen-bond donors (Lipinski definition) is 1. The van der Waals surface area contributed by atoms with Crippen LogP contribution in [0.4, 0.5) is 0 Å². The molecule has 34 valence electrons. The minimum absolute atomic E-state index is 0.158. The number of carbonyl (C=O) groups is 1. The topological polar surface area (TPSA) is 46.2 Å². The smallest absolute Gasteiger partial charge is 0.246 e. The lowest BCUT2D eigenvalue weighted by molar-refractivity contribution is -0.106. The van der Waals surface area contributed by atoms with E-state index in [9.17, 15) is 9.36 Å². The third kappa shape index (κ3) is 3.73. The van der Waals surface area contributed by atoms with Gasteiger partial charge in [-0.25, -0.2) is 5.09 Å². The summed E-state index contributed by atoms with van der Waals surface area (Å²) in [7, 11) is -0.186. The van der Waals surface area contributed by atoms with Crippen LogP contribution in [0.25, 0.3) is 0 Å². The molecule has 0 spiro atoms. The predicted octanol–water partition coefficient (Wildman–Crippen LogP) is -0.0184. The minimum Gasteiger partial charge on any atom is -0.302 e. The normalized spacial score (nSPS) is 8.67. The summed E-state index contributed by atoms with van der Waals surface area (Å²) in [5.74, 6) is 0. The van der Waals surface area contributed by atoms with Crippen molar-refractivity contribution in [3.05, 3.63) is 0 Å². The molecule has 0 aromatic rings. The molecule has 0 fully saturated rings. The zero-order valence-electron chi connectivity index (χ0n) is 3.05. The van der Waals surface area contributed by atoms with Gasteiger partial charge in [0, 0.05) is 0 Å². The Morgan fingerprint density at radius 2 is 2.50 bits per heavy atom. The standard InChI is InChI=1S/C2H4NO2P/c4-2-1-3-6-5/h2H,1H2,(H,3,5). The molecule has 0 aliphatic carbocycles. The number of nitrogens with one attached hydrogen (secondary N) is 1. The lowest BCUT2D eigenvalue weighted by atomic mass is 10.8. The first-order chi connectivity index (χ1) is 2.91. The molecule has 1 N–H and O–H groups in total. The molecule has 0 amide bonds. The van der Waals surface area contributed by atoms with Crippen molar-refractivity contribution in [3.8, 4) is 0 Å². The van der Waals surface area contributed by atoms with Gasteiger partial charge >= 0.3 is 0 Å². The molecule has 0 saturated carbocycles. The highest BCUT2D eigenvalue weighted by molar-refractivity contribution is 7.21. The average molecular weight is 105 g/mol. The lowest BCUT2D eigenvalue weighted by Gasteiger charge is -1.73. The first kappa shape index (κ1) is 5.73. The first-order valence-electron chi connectivity index (χ1n) is 1.40. The number of aldehydes is 1. The van der Waals surface area contributed by atoms with Crippen LogP contribution in [0.1, 0.15) is 0 Å². The maximum Gasteiger partial charge on any atom is 0.246 e. The highest BCUT2D eigenvalue weighted by Gasteiger charge is 1.71. The summed E-state index contributed by atoms with van der Waals surface area (Å²) in [5.41, 5.74) is 0. The highest BCUT2D eigenvalue weighted by atomic mass is 31.1. The molecule has 6 heavy (non-hydrogen) atoms. The van der Waals surface area contributed by atoms with Crippen LogP contribution < -0.4 is 5.09 Å². The Kier molecular flexibility index (Phi) is 4.52. The van der Waals surface area contributed by atoms with E-state index in [-0.39, 0.29) is 15.2 Å². The molecule has 0 aliphatic heterocycles. The van der Waals surface area contributed by atoms with Gasteiger partial charge in [0.15, 0.2) is 0 Å². The second-order valence-electron chi connectivity index (χ2n) is 0.620. The van der Waals surface area contributed by atoms with E-state index in [0.29, 0.717) is 6.29 Å². The van der Waals surface area contributed by atoms with Crippen molar-refractivity contribution >= 4 is 14.9 Å². The van der Waals surface area contributed by atoms with Crippen LogP contribution in [0.3, 0.4) is 0 Å². The third-order valence-electron chi connectivity index (χ3n) is 0.239. The molecule has 0 radical (unpaired) electrons. The van der Waals surface area contributed by atoms with Crippen molar-refractivity contribution in [3.63, 3.8) is 0 Å². The lowest BCUT2D eigenvalue weighted by Crippen LogP contribution is -2.00. The van der Waals surface area contributed by atoms with Crippen molar-refractivity contribution in [2.24, 2.45) is 0 Å². The van der Waals surface area contributed by atoms with Crippen molar-refractivity contribution in [2.45, 2.75) is 0 Å². The Morgan fingerprint density at radius 3 is 2.67 bits per heavy atom. The van der Waals surface area contributed by atoms with Gasteiger partial charge in [0.1, 0.15) is 6.29 Å². The van der Waals surface area contributed by atoms with Crippen LogP contribution in [0, 0.1) is 0 Å². The summed E-state index contributed by atoms with van der Waals surface area (Å²) in [4.78, 5) is 9.36. The van der Waals surface area contributed by atoms with Gasteiger partial charge in [0.05, 0.1) is 6.54 Å². The highest BCUT2D eigenvalue weighted by Crippen LogP contribution is 1.73. The zero-order valence-corrected chi connectivity index (χ0v) is 3.94. The van der Waals surface area contributed by atoms with Crippen LogP contribution in [-0.4, -0.2) is 12.8 Å². The van der Waals surface area contributed by atoms with Gasteiger partial charge in [-0.15, -0.1) is 0 Å². The van der Waals surface area contributed by atoms with Crippen LogP contribution in [-0.2, 0) is 9.36 Å². The fourth-order valence-electron chi connectivity index (χ4n) is 0.0745. The van der Waals surface area contributed by atoms with Crippen LogP contribution in [0.15, 0.2) is 0 Å². The monoisotopic (exact) mass is 105 g/mol. The summed E-state index contributed by atoms with van der Waals surface area (Å²) < 4.78 is 9.39. The van der Waals surface area contributed by atoms with Crippen molar-refractivity contribution in [1.29, 1.82) is 0 Å². The van der Waals surface area contributed by atoms with Gasteiger partial charge in [-0.1, -0.05) is 0 Å². The Bertz CT molecular complexity index is 47.5. The predicted molar refractivity (Wildman–Crippen MR) is 21.7 cm³/mol. The van der Waals surface area contributed by atoms with E-state index >= 15 is 0 Å². The number of rotatable bonds is 3. The van der Waals surface area contributed by atoms with Crippen molar-refractivity contribution in [1.82, 2.24) is 5.09 Å². The molecule has 0 heterocycles. The molecule has 3 nitrogen and oxygen atoms in total. The maximum absolute atomic E-state index is 9.39. The van der Waals surface area contributed by atoms with E-state index in [0.717, 1.165) is 0 Å². The van der Waals surface area contributed by atoms with Crippen LogP contribution >= 0.6 is 8.61 Å². The second-order valence-corrected chi connectivity index (χ2v) is 1.12. The largest absolute Gasteiger partial charge is 0.302 e. The Hall–Kier alpha value is -0.270. The van der Waals surface area contributed by atoms with Crippen LogP contribution in [0.2, 0.25) is 0 Å². The molecule has 0 atom stereocenters. The zero-order chi connectivity index (χ0) is 4.83. The maximum atomic E-state index is 9.39. The van der Waals surface area contributed by atoms with E-state index in [1.807, 2.05) is 0 Å². The Balaban J connectivity index is 2.66. The average Bonchev–Trinajstić information content (AvgIpc) is 1.61. The molecule has 0 aromatic heterocycles. The summed E-state index contributed by atoms with van der Waals surface area (Å²) in [6, 6.07) is 0. The molecule has 0 rings (SSSR count). The first-order valence-corrected chi connectivity index (χ1v) is 2.22. The molecule has 0 saturated heterocycles. The van der Waals surface area contributed by atoms with Crippen molar-refractivity contribution < 1.29 is 9.36 Å². The van der Waals surface area contributed by atoms with Gasteiger partial charge < -0.3 is 4.79 Å². The summed E-state index contributed by atoms with van der Waals surface area (Å²) >= 11 is 0. The van der Waals surface area contributed by atoms with Gasteiger partial charge in [-0.2, -0.15) is 0 Å². The van der Waals surface area contributed by atoms with E-state index in [1.54, 1.807) is 0 Å². The Labute approximate surface area is 37.0 Å². The van der Waals surface area contributed by atoms with Gasteiger partial charge in [0.25, 0.3) is 0 Å². The van der Waals surface area contributed by atoms with Gasteiger partial charge in [0.2, 0.25) is 8.61 Å². The van der Waals surface area contributed by atoms with Crippen LogP contribution in [0.5, 0.6) is 0 Å². The summed E-state index contributed by atoms with van der Waals surface area (Å²) in [5, 5.41) is 2.25. The summed E-state index contributed by atoms with van der Waals surface area (Å²) in [6.45, 7) is 0.158. The third-order valence-corrected chi connectivity index (χ3v) is 0.551. The Morgan fingerprint density at radius 1 is 1.83 bits per heavy atom. The van der Waals surface area contributed by atoms with E-state index in [1.165, 1.54) is 0 Å². The van der Waals surface area contributed by atoms with E-state index in [4.69, 9.17) is 0 Å². The molecule has 0 aromatic carbocycles. The molecule has 0 unspecified atom stereocenters. The quantitative estimate of drug-likeness (QED) is 0.311. The SMILES string of the molecule is O=CCNP=O. The molecule has 4 heteroatoms. The number of carbonyl (C=O) groups excluding carboxylic acids is 1. The number of hydrogen-bond acceptors (Lipinski definition) is 2. The fraction of sp³-hybridized carbons (Fsp3) is 0.500.